The van der Waals surface area contributed by atoms with E-state index in [-0.39, 0.29) is 11.8 Å². The van der Waals surface area contributed by atoms with Crippen LogP contribution in [0.15, 0.2) is 12.4 Å². The zero-order valence-corrected chi connectivity index (χ0v) is 8.78. The minimum absolute atomic E-state index is 0.103. The maximum Gasteiger partial charge on any atom is 0.235 e. The summed E-state index contributed by atoms with van der Waals surface area (Å²) < 4.78 is 0. The lowest BCUT2D eigenvalue weighted by molar-refractivity contribution is -0.141. The average molecular weight is 207 g/mol. The molecule has 2 rings (SSSR count). The molecule has 0 aromatic carbocycles. The minimum atomic E-state index is -0.555. The predicted molar refractivity (Wildman–Crippen MR) is 52.5 cm³/mol. The van der Waals surface area contributed by atoms with Crippen LogP contribution in [0.5, 0.6) is 0 Å². The van der Waals surface area contributed by atoms with Crippen LogP contribution in [0.25, 0.3) is 0 Å². The molecule has 2 heterocycles. The number of hydrogen-bond acceptors (Lipinski definition) is 3. The molecule has 0 aliphatic carbocycles. The van der Waals surface area contributed by atoms with E-state index in [0.29, 0.717) is 13.0 Å². The molecule has 1 fully saturated rings. The first kappa shape index (κ1) is 9.89. The second-order valence-electron chi connectivity index (χ2n) is 4.45. The largest absolute Gasteiger partial charge is 0.285 e. The Morgan fingerprint density at radius 1 is 1.53 bits per heavy atom. The van der Waals surface area contributed by atoms with E-state index in [0.717, 1.165) is 5.56 Å². The van der Waals surface area contributed by atoms with E-state index in [4.69, 9.17) is 0 Å². The first-order chi connectivity index (χ1) is 7.00. The molecule has 0 saturated carbocycles. The molecule has 5 nitrogen and oxygen atoms in total. The van der Waals surface area contributed by atoms with E-state index < -0.39 is 5.41 Å². The number of aromatic amines is 1. The standard InChI is InChI=1S/C10H13N3O2/c1-10(2)3-8(14)13(9(10)15)6-7-4-11-12-5-7/h4-5H,3,6H2,1-2H3,(H,11,12). The summed E-state index contributed by atoms with van der Waals surface area (Å²) in [4.78, 5) is 24.7. The molecule has 0 bridgehead atoms. The van der Waals surface area contributed by atoms with Crippen molar-refractivity contribution in [3.8, 4) is 0 Å². The number of carbonyl (C=O) groups is 2. The van der Waals surface area contributed by atoms with Gasteiger partial charge in [0.25, 0.3) is 0 Å². The molecule has 1 saturated heterocycles. The number of aromatic nitrogens is 2. The Kier molecular flexibility index (Phi) is 2.10. The Labute approximate surface area is 87.5 Å². The van der Waals surface area contributed by atoms with Crippen molar-refractivity contribution in [3.63, 3.8) is 0 Å². The lowest BCUT2D eigenvalue weighted by Gasteiger charge is -2.16. The van der Waals surface area contributed by atoms with E-state index >= 15 is 0 Å². The number of nitrogens with zero attached hydrogens (tertiary/aromatic N) is 2. The fourth-order valence-electron chi connectivity index (χ4n) is 1.73. The first-order valence-electron chi connectivity index (χ1n) is 4.83. The number of likely N-dealkylation sites (tertiary alicyclic amines) is 1. The molecule has 1 aromatic heterocycles. The molecule has 15 heavy (non-hydrogen) atoms. The van der Waals surface area contributed by atoms with Crippen LogP contribution < -0.4 is 0 Å². The highest BCUT2D eigenvalue weighted by atomic mass is 16.2. The summed E-state index contributed by atoms with van der Waals surface area (Å²) in [6.07, 6.45) is 3.60. The monoisotopic (exact) mass is 207 g/mol. The SMILES string of the molecule is CC1(C)CC(=O)N(Cc2cn[nH]c2)C1=O. The van der Waals surface area contributed by atoms with Gasteiger partial charge in [0, 0.05) is 18.2 Å². The van der Waals surface area contributed by atoms with Crippen LogP contribution >= 0.6 is 0 Å². The molecule has 0 atom stereocenters. The summed E-state index contributed by atoms with van der Waals surface area (Å²) in [6.45, 7) is 3.91. The van der Waals surface area contributed by atoms with Gasteiger partial charge in [-0.25, -0.2) is 0 Å². The second-order valence-corrected chi connectivity index (χ2v) is 4.45. The van der Waals surface area contributed by atoms with E-state index in [9.17, 15) is 9.59 Å². The Morgan fingerprint density at radius 2 is 2.27 bits per heavy atom. The normalized spacial score (nSPS) is 20.0. The van der Waals surface area contributed by atoms with E-state index in [2.05, 4.69) is 10.2 Å². The Bertz CT molecular complexity index is 395. The summed E-state index contributed by atoms with van der Waals surface area (Å²) in [5.41, 5.74) is 0.287. The highest BCUT2D eigenvalue weighted by molar-refractivity contribution is 6.05. The van der Waals surface area contributed by atoms with Crippen LogP contribution in [0.2, 0.25) is 0 Å². The van der Waals surface area contributed by atoms with Crippen LogP contribution in [0, 0.1) is 5.41 Å². The van der Waals surface area contributed by atoms with Gasteiger partial charge in [0.2, 0.25) is 11.8 Å². The topological polar surface area (TPSA) is 66.1 Å². The van der Waals surface area contributed by atoms with Gasteiger partial charge in [-0.15, -0.1) is 0 Å². The average Bonchev–Trinajstić information content (AvgIpc) is 2.69. The Balaban J connectivity index is 2.17. The van der Waals surface area contributed by atoms with Gasteiger partial charge in [0.05, 0.1) is 18.2 Å². The van der Waals surface area contributed by atoms with Crippen LogP contribution in [0.4, 0.5) is 0 Å². The molecule has 5 heteroatoms. The van der Waals surface area contributed by atoms with Crippen molar-refractivity contribution in [2.75, 3.05) is 0 Å². The predicted octanol–water partition coefficient (Wildman–Crippen LogP) is 0.695. The maximum absolute atomic E-state index is 11.8. The summed E-state index contributed by atoms with van der Waals surface area (Å²) in [6, 6.07) is 0. The van der Waals surface area contributed by atoms with Gasteiger partial charge in [0.15, 0.2) is 0 Å². The van der Waals surface area contributed by atoms with Crippen LogP contribution in [-0.2, 0) is 16.1 Å². The van der Waals surface area contributed by atoms with Gasteiger partial charge in [-0.3, -0.25) is 19.6 Å². The molecule has 1 aliphatic heterocycles. The summed E-state index contributed by atoms with van der Waals surface area (Å²) in [5, 5.41) is 6.43. The number of rotatable bonds is 2. The van der Waals surface area contributed by atoms with Gasteiger partial charge in [-0.2, -0.15) is 5.10 Å². The van der Waals surface area contributed by atoms with Gasteiger partial charge in [0.1, 0.15) is 0 Å². The van der Waals surface area contributed by atoms with Crippen molar-refractivity contribution in [3.05, 3.63) is 18.0 Å². The smallest absolute Gasteiger partial charge is 0.235 e. The Hall–Kier alpha value is -1.65. The first-order valence-corrected chi connectivity index (χ1v) is 4.83. The molecule has 1 N–H and O–H groups in total. The highest BCUT2D eigenvalue weighted by Gasteiger charge is 2.44. The zero-order valence-electron chi connectivity index (χ0n) is 8.78. The fourth-order valence-corrected chi connectivity index (χ4v) is 1.73. The number of amides is 2. The van der Waals surface area contributed by atoms with Crippen LogP contribution in [-0.4, -0.2) is 26.9 Å². The number of hydrogen-bond donors (Lipinski definition) is 1. The van der Waals surface area contributed by atoms with Gasteiger partial charge in [-0.1, -0.05) is 13.8 Å². The van der Waals surface area contributed by atoms with Crippen molar-refractivity contribution >= 4 is 11.8 Å². The van der Waals surface area contributed by atoms with Crippen molar-refractivity contribution in [2.24, 2.45) is 5.41 Å². The number of imide groups is 1. The van der Waals surface area contributed by atoms with Gasteiger partial charge >= 0.3 is 0 Å². The molecule has 1 aliphatic rings. The lowest BCUT2D eigenvalue weighted by atomic mass is 9.92. The molecule has 2 amide bonds. The maximum atomic E-state index is 11.8. The van der Waals surface area contributed by atoms with Crippen molar-refractivity contribution in [1.82, 2.24) is 15.1 Å². The second kappa shape index (κ2) is 3.18. The number of nitrogens with one attached hydrogen (secondary N) is 1. The van der Waals surface area contributed by atoms with Crippen molar-refractivity contribution in [1.29, 1.82) is 0 Å². The molecule has 0 spiro atoms. The molecular formula is C10H13N3O2. The van der Waals surface area contributed by atoms with Gasteiger partial charge in [-0.05, 0) is 0 Å². The summed E-state index contributed by atoms with van der Waals surface area (Å²) in [5.74, 6) is -0.208. The third-order valence-electron chi connectivity index (χ3n) is 2.61. The molecular weight excluding hydrogens is 194 g/mol. The molecule has 1 aromatic rings. The Morgan fingerprint density at radius 3 is 2.73 bits per heavy atom. The number of H-pyrrole nitrogens is 1. The number of carbonyl (C=O) groups excluding carboxylic acids is 2. The van der Waals surface area contributed by atoms with E-state index in [1.807, 2.05) is 0 Å². The minimum Gasteiger partial charge on any atom is -0.285 e. The highest BCUT2D eigenvalue weighted by Crippen LogP contribution is 2.32. The van der Waals surface area contributed by atoms with Crippen molar-refractivity contribution < 1.29 is 9.59 Å². The molecule has 0 radical (unpaired) electrons. The van der Waals surface area contributed by atoms with E-state index in [1.165, 1.54) is 4.90 Å². The zero-order chi connectivity index (χ0) is 11.1. The van der Waals surface area contributed by atoms with Crippen LogP contribution in [0.3, 0.4) is 0 Å². The van der Waals surface area contributed by atoms with Gasteiger partial charge < -0.3 is 0 Å². The lowest BCUT2D eigenvalue weighted by Crippen LogP contribution is -2.32. The molecule has 0 unspecified atom stereocenters. The van der Waals surface area contributed by atoms with E-state index in [1.54, 1.807) is 26.2 Å². The third kappa shape index (κ3) is 1.65. The summed E-state index contributed by atoms with van der Waals surface area (Å²) in [7, 11) is 0. The molecule has 80 valence electrons. The van der Waals surface area contributed by atoms with Crippen molar-refractivity contribution in [2.45, 2.75) is 26.8 Å². The third-order valence-corrected chi connectivity index (χ3v) is 2.61. The van der Waals surface area contributed by atoms with Crippen LogP contribution in [0.1, 0.15) is 25.8 Å². The summed E-state index contributed by atoms with van der Waals surface area (Å²) >= 11 is 0. The quantitative estimate of drug-likeness (QED) is 0.726. The fraction of sp³-hybridized carbons (Fsp3) is 0.500.